The Balaban J connectivity index is 0.000000485. The Labute approximate surface area is 647 Å². The van der Waals surface area contributed by atoms with E-state index < -0.39 is 58.3 Å². The molecule has 0 aliphatic rings. The van der Waals surface area contributed by atoms with Gasteiger partial charge in [0.15, 0.2) is 39.3 Å². The van der Waals surface area contributed by atoms with E-state index in [0.29, 0.717) is 43.3 Å². The molecule has 1 aromatic heterocycles. The summed E-state index contributed by atoms with van der Waals surface area (Å²) in [4.78, 5) is 31.3. The Morgan fingerprint density at radius 3 is 1.25 bits per heavy atom. The van der Waals surface area contributed by atoms with Crippen molar-refractivity contribution in [3.63, 3.8) is 0 Å². The van der Waals surface area contributed by atoms with Crippen LogP contribution in [0.15, 0.2) is 97.1 Å². The Morgan fingerprint density at radius 2 is 0.832 bits per heavy atom. The van der Waals surface area contributed by atoms with Gasteiger partial charge in [-0.2, -0.15) is 4.98 Å². The molecule has 4 aromatic carbocycles. The van der Waals surface area contributed by atoms with E-state index in [0.717, 1.165) is 213 Å². The lowest BCUT2D eigenvalue weighted by Crippen LogP contribution is -2.30. The van der Waals surface area contributed by atoms with E-state index in [-0.39, 0.29) is 33.8 Å². The van der Waals surface area contributed by atoms with Crippen molar-refractivity contribution in [2.45, 2.75) is 309 Å². The predicted octanol–water partition coefficient (Wildman–Crippen LogP) is 20.0. The van der Waals surface area contributed by atoms with Gasteiger partial charge in [-0.15, -0.1) is 0 Å². The Bertz CT molecular complexity index is 3840. The number of esters is 1. The van der Waals surface area contributed by atoms with E-state index in [2.05, 4.69) is 42.0 Å². The molecule has 5 rings (SSSR count). The number of nitrogen functional groups attached to an aromatic ring is 1. The summed E-state index contributed by atoms with van der Waals surface area (Å²) in [5.41, 5.74) is 12.0. The highest BCUT2D eigenvalue weighted by atomic mass is 32.2. The van der Waals surface area contributed by atoms with Crippen LogP contribution in [0, 0.1) is 17.0 Å². The fraction of sp³-hybridized carbons (Fsp3) is 0.655. The number of nitrogens with zero attached hydrogens (tertiary/aromatic N) is 3. The number of nitrogens with two attached hydrogens (primary N) is 1. The van der Waals surface area contributed by atoms with E-state index in [1.807, 2.05) is 67.6 Å². The lowest BCUT2D eigenvalue weighted by Gasteiger charge is -2.18. The lowest BCUT2D eigenvalue weighted by atomic mass is 10.0. The molecule has 2 N–H and O–H groups in total. The number of hydrogen-bond acceptors (Lipinski definition) is 18. The van der Waals surface area contributed by atoms with Crippen molar-refractivity contribution in [1.29, 1.82) is 0 Å². The van der Waals surface area contributed by atoms with Gasteiger partial charge in [-0.25, -0.2) is 38.7 Å². The topological polar surface area (TPSA) is 285 Å². The van der Waals surface area contributed by atoms with Crippen molar-refractivity contribution in [1.82, 2.24) is 9.97 Å². The molecule has 0 spiro atoms. The number of sulfone groups is 4. The molecule has 0 aliphatic heterocycles. The van der Waals surface area contributed by atoms with Crippen molar-refractivity contribution in [3.05, 3.63) is 141 Å². The molecule has 0 aliphatic carbocycles. The molecule has 107 heavy (non-hydrogen) atoms. The maximum atomic E-state index is 12.1. The van der Waals surface area contributed by atoms with Gasteiger partial charge in [0.25, 0.3) is 5.69 Å². The van der Waals surface area contributed by atoms with Gasteiger partial charge in [-0.1, -0.05) is 152 Å². The van der Waals surface area contributed by atoms with Crippen LogP contribution in [0.4, 0.5) is 11.4 Å². The first-order chi connectivity index (χ1) is 50.1. The number of rotatable bonds is 45. The van der Waals surface area contributed by atoms with Crippen LogP contribution in [0.1, 0.15) is 285 Å². The normalized spacial score (nSPS) is 12.2. The van der Waals surface area contributed by atoms with E-state index in [9.17, 15) is 48.6 Å². The molecule has 0 saturated carbocycles. The number of para-hydroxylation sites is 1. The Hall–Kier alpha value is -6.17. The van der Waals surface area contributed by atoms with Crippen LogP contribution in [-0.2, 0) is 81.0 Å². The number of aromatic nitrogens is 2. The molecule has 1 heterocycles. The molecule has 23 heteroatoms. The van der Waals surface area contributed by atoms with Crippen LogP contribution in [-0.4, -0.2) is 117 Å². The van der Waals surface area contributed by atoms with Crippen LogP contribution in [0.3, 0.4) is 0 Å². The molecule has 0 fully saturated rings. The Morgan fingerprint density at radius 1 is 0.439 bits per heavy atom. The molecule has 606 valence electrons. The van der Waals surface area contributed by atoms with Crippen molar-refractivity contribution < 1.29 is 62.3 Å². The van der Waals surface area contributed by atoms with Crippen LogP contribution in [0.2, 0.25) is 0 Å². The average molecular weight is 1570 g/mol. The van der Waals surface area contributed by atoms with Crippen LogP contribution in [0.25, 0.3) is 0 Å². The zero-order valence-corrected chi connectivity index (χ0v) is 71.4. The quantitative estimate of drug-likeness (QED) is 0.0125. The first-order valence-corrected chi connectivity index (χ1v) is 45.7. The summed E-state index contributed by atoms with van der Waals surface area (Å²) in [7, 11) is -10.6. The van der Waals surface area contributed by atoms with E-state index >= 15 is 0 Å². The number of nitro benzene ring substituents is 1. The zero-order chi connectivity index (χ0) is 80.4. The maximum Gasteiger partial charge on any atom is 0.309 e. The van der Waals surface area contributed by atoms with Gasteiger partial charge in [0.2, 0.25) is 5.88 Å². The van der Waals surface area contributed by atoms with Gasteiger partial charge in [0.1, 0.15) is 23.1 Å². The van der Waals surface area contributed by atoms with Crippen molar-refractivity contribution >= 4 is 56.7 Å². The first-order valence-electron chi connectivity index (χ1n) is 39.1. The van der Waals surface area contributed by atoms with Gasteiger partial charge in [-0.05, 0) is 221 Å². The summed E-state index contributed by atoms with van der Waals surface area (Å²) >= 11 is 0. The van der Waals surface area contributed by atoms with Gasteiger partial charge in [0.05, 0.1) is 79.7 Å². The highest BCUT2D eigenvalue weighted by molar-refractivity contribution is 7.93. The number of aryl methyl sites for hydroxylation is 5. The number of benzene rings is 4. The minimum atomic E-state index is -3.05. The SMILES string of the molecule is CCCCOc1ccc(CCCCCCCS(=O)(=O)C(C)(C)C)c(N)c1.CCCCOc1ccc(CCCCCCCS(=O)(=O)C(C)(C)C)c([N+](=O)[O-])c1.COC(=O)Cc1cccc(CCCCCCCS(=O)(=O)C(C)(C)C)c1.Cc1cc(Oc2ccccc2)nc(CCCCCCCS(=O)(=O)C(C)(C)C)n1. The highest BCUT2D eigenvalue weighted by Gasteiger charge is 2.31. The van der Waals surface area contributed by atoms with Crippen LogP contribution >= 0.6 is 0 Å². The largest absolute Gasteiger partial charge is 0.494 e. The molecule has 0 atom stereocenters. The van der Waals surface area contributed by atoms with Gasteiger partial charge < -0.3 is 24.7 Å². The molecule has 0 amide bonds. The molecular formula is C84H136N4O15S4. The number of ether oxygens (including phenoxy) is 4. The third kappa shape index (κ3) is 40.4. The second kappa shape index (κ2) is 49.2. The number of nitro groups is 1. The summed E-state index contributed by atoms with van der Waals surface area (Å²) in [5.74, 6) is 4.37. The number of anilines is 1. The standard InChI is InChI=1S/C22H32N2O3S.C21H35NO5S.C21H37NO3S.C20H32O4S/c1-18-17-21(27-19-13-9-8-10-14-19)24-20(23-18)15-11-6-5-7-12-16-28(25,26)22(2,3)4;1-5-6-15-27-19-14-13-18(20(17-19)22(23)24)12-10-8-7-9-11-16-28(25,26)21(2,3)4;1-5-6-15-25-19-14-13-18(20(22)17-19)12-10-8-7-9-11-16-26(23,24)21(2,3)4;1-20(2,3)25(22,23)14-9-7-5-6-8-11-17-12-10-13-18(15-17)16-19(21)24-4/h8-10,13-14,17H,5-7,11-12,15-16H2,1-4H3;13-14,17H,5-12,15-16H2,1-4H3;13-14,17H,5-12,15-16,22H2,1-4H3;10,12-13,15H,5-9,11,14,16H2,1-4H3. The van der Waals surface area contributed by atoms with Crippen LogP contribution < -0.4 is 19.9 Å². The lowest BCUT2D eigenvalue weighted by molar-refractivity contribution is -0.385. The molecule has 19 nitrogen and oxygen atoms in total. The van der Waals surface area contributed by atoms with Crippen molar-refractivity contribution in [2.75, 3.05) is 49.1 Å². The minimum absolute atomic E-state index is 0.116. The summed E-state index contributed by atoms with van der Waals surface area (Å²) in [6.45, 7) is 28.5. The summed E-state index contributed by atoms with van der Waals surface area (Å²) in [6, 6.07) is 30.6. The van der Waals surface area contributed by atoms with Crippen molar-refractivity contribution in [3.8, 4) is 23.1 Å². The monoisotopic (exact) mass is 1570 g/mol. The molecule has 5 aromatic rings. The van der Waals surface area contributed by atoms with Crippen LogP contribution in [0.5, 0.6) is 23.1 Å². The minimum Gasteiger partial charge on any atom is -0.494 e. The number of carbonyl (C=O) groups is 1. The molecular weight excluding hydrogens is 1430 g/mol. The third-order valence-electron chi connectivity index (χ3n) is 18.5. The third-order valence-corrected chi connectivity index (χ3v) is 29.2. The second-order valence-electron chi connectivity index (χ2n) is 31.9. The fourth-order valence-electron chi connectivity index (χ4n) is 10.8. The number of unbranched alkanes of at least 4 members (excludes halogenated alkanes) is 18. The maximum absolute atomic E-state index is 12.1. The highest BCUT2D eigenvalue weighted by Crippen LogP contribution is 2.29. The summed E-state index contributed by atoms with van der Waals surface area (Å²) in [5, 5.41) is 11.3. The number of methoxy groups -OCH3 is 1. The zero-order valence-electron chi connectivity index (χ0n) is 68.2. The smallest absolute Gasteiger partial charge is 0.309 e. The predicted molar refractivity (Wildman–Crippen MR) is 442 cm³/mol. The van der Waals surface area contributed by atoms with E-state index in [4.69, 9.17) is 24.7 Å². The van der Waals surface area contributed by atoms with Gasteiger partial charge >= 0.3 is 5.97 Å². The van der Waals surface area contributed by atoms with E-state index in [1.54, 1.807) is 95.2 Å². The van der Waals surface area contributed by atoms with Crippen molar-refractivity contribution in [2.24, 2.45) is 0 Å². The number of carbonyl (C=O) groups excluding carboxylic acids is 1. The fourth-order valence-corrected chi connectivity index (χ4v) is 15.6. The summed E-state index contributed by atoms with van der Waals surface area (Å²) in [6.07, 6.45) is 26.7. The second-order valence-corrected chi connectivity index (χ2v) is 43.3. The van der Waals surface area contributed by atoms with E-state index in [1.165, 1.54) is 24.3 Å². The average Bonchev–Trinajstić information content (AvgIpc) is 0.868. The Kier molecular flexibility index (Phi) is 44.5. The van der Waals surface area contributed by atoms with Gasteiger partial charge in [0, 0.05) is 35.5 Å². The molecule has 0 unspecified atom stereocenters. The number of hydrogen-bond donors (Lipinski definition) is 1. The summed E-state index contributed by atoms with van der Waals surface area (Å²) < 4.78 is 116. The van der Waals surface area contributed by atoms with Gasteiger partial charge in [-0.3, -0.25) is 14.9 Å². The first kappa shape index (κ1) is 96.9. The molecule has 0 saturated heterocycles. The molecule has 0 bridgehead atoms. The molecule has 0 radical (unpaired) electrons.